The van der Waals surface area contributed by atoms with Gasteiger partial charge in [0.2, 0.25) is 28.3 Å². The highest BCUT2D eigenvalue weighted by Crippen LogP contribution is 2.47. The van der Waals surface area contributed by atoms with Crippen LogP contribution in [0, 0.1) is 5.92 Å². The number of ether oxygens (including phenoxy) is 2. The zero-order chi connectivity index (χ0) is 35.8. The molecule has 1 aromatic carbocycles. The number of sulfonamides is 1. The van der Waals surface area contributed by atoms with E-state index in [4.69, 9.17) is 9.47 Å². The smallest absolute Gasteiger partial charge is 0.410 e. The molecule has 2 saturated carbocycles. The number of nitrogens with zero attached hydrogens (tertiary/aromatic N) is 2. The second kappa shape index (κ2) is 14.2. The molecule has 0 spiro atoms. The first-order valence-electron chi connectivity index (χ1n) is 16.9. The molecule has 3 fully saturated rings. The van der Waals surface area contributed by atoms with E-state index in [1.807, 2.05) is 30.4 Å². The van der Waals surface area contributed by atoms with Crippen LogP contribution in [0.4, 0.5) is 18.4 Å². The molecule has 2 aliphatic carbocycles. The maximum atomic E-state index is 14.0. The SMILES string of the molecule is CC[C@@H]1C[C@]1(NC(=O)[C@@H]1C[C@@H]2CN1C(=O)[C@H](CC(F)F)NC(=O)OCCC/C=C/c1cccc3c1CN(C3)C(=O)O2)C(=O)NS(=O)(=O)C1CC1. The van der Waals surface area contributed by atoms with E-state index in [2.05, 4.69) is 15.4 Å². The first-order valence-corrected chi connectivity index (χ1v) is 18.5. The molecule has 0 radical (unpaired) electrons. The first-order chi connectivity index (χ1) is 23.8. The zero-order valence-corrected chi connectivity index (χ0v) is 28.4. The van der Waals surface area contributed by atoms with E-state index in [1.165, 1.54) is 4.90 Å². The number of rotatable bonds is 8. The molecule has 1 aromatic rings. The number of alkyl carbamates (subject to hydrolysis) is 1. The fourth-order valence-corrected chi connectivity index (χ4v) is 8.34. The normalized spacial score (nSPS) is 29.2. The molecule has 3 aliphatic heterocycles. The average Bonchev–Trinajstić information content (AvgIpc) is 3.95. The van der Waals surface area contributed by atoms with E-state index in [0.29, 0.717) is 32.1 Å². The van der Waals surface area contributed by atoms with Gasteiger partial charge in [0.1, 0.15) is 23.7 Å². The van der Waals surface area contributed by atoms with Crippen LogP contribution in [0.1, 0.15) is 75.0 Å². The number of hydrogen-bond acceptors (Lipinski definition) is 9. The van der Waals surface area contributed by atoms with Crippen molar-refractivity contribution in [1.29, 1.82) is 0 Å². The van der Waals surface area contributed by atoms with Crippen molar-refractivity contribution in [1.82, 2.24) is 25.2 Å². The number of hydrogen-bond donors (Lipinski definition) is 3. The number of benzene rings is 1. The first kappa shape index (κ1) is 35.5. The van der Waals surface area contributed by atoms with Gasteiger partial charge in [0.05, 0.1) is 24.9 Å². The van der Waals surface area contributed by atoms with Crippen molar-refractivity contribution < 1.29 is 50.6 Å². The molecule has 0 aromatic heterocycles. The number of amides is 5. The molecule has 1 saturated heterocycles. The van der Waals surface area contributed by atoms with Crippen molar-refractivity contribution in [2.45, 2.75) is 107 Å². The van der Waals surface area contributed by atoms with E-state index in [9.17, 15) is 41.2 Å². The number of nitrogens with one attached hydrogen (secondary N) is 3. The Kier molecular flexibility index (Phi) is 10.1. The van der Waals surface area contributed by atoms with Gasteiger partial charge in [-0.3, -0.25) is 24.0 Å². The van der Waals surface area contributed by atoms with Crippen molar-refractivity contribution in [3.05, 3.63) is 41.0 Å². The maximum Gasteiger partial charge on any atom is 0.410 e. The highest BCUT2D eigenvalue weighted by atomic mass is 32.2. The summed E-state index contributed by atoms with van der Waals surface area (Å²) >= 11 is 0. The standard InChI is InChI=1S/C33H41F2N5O9S/c1-2-21-15-33(21,30(43)38-50(46,47)23-10-11-23)37-28(41)26-13-22-17-40(26)29(42)25(14-27(34)35)36-31(44)48-12-5-3-4-7-19-8-6-9-20-16-39(18-24(19)20)32(45)49-22/h4,6-9,21-23,25-27H,2-3,5,10-18H2,1H3,(H,36,44)(H,37,41)(H,38,43)/b7-4+/t21-,22-,25+,26+,33-/m1/s1. The molecular weight excluding hydrogens is 680 g/mol. The van der Waals surface area contributed by atoms with E-state index in [1.54, 1.807) is 6.92 Å². The molecule has 3 heterocycles. The van der Waals surface area contributed by atoms with Crippen LogP contribution in [0.5, 0.6) is 0 Å². The van der Waals surface area contributed by atoms with Gasteiger partial charge < -0.3 is 25.0 Å². The number of carbonyl (C=O) groups excluding carboxylic acids is 5. The summed E-state index contributed by atoms with van der Waals surface area (Å²) in [6.07, 6.45) is -1.01. The Morgan fingerprint density at radius 3 is 2.64 bits per heavy atom. The average molecular weight is 722 g/mol. The lowest BCUT2D eigenvalue weighted by Crippen LogP contribution is -2.58. The monoisotopic (exact) mass is 721 g/mol. The van der Waals surface area contributed by atoms with Crippen molar-refractivity contribution in [3.63, 3.8) is 0 Å². The quantitative estimate of drug-likeness (QED) is 0.364. The predicted octanol–water partition coefficient (Wildman–Crippen LogP) is 2.56. The molecule has 50 heavy (non-hydrogen) atoms. The second-order valence-corrected chi connectivity index (χ2v) is 15.5. The fraction of sp³-hybridized carbons (Fsp3) is 0.606. The molecule has 0 unspecified atom stereocenters. The van der Waals surface area contributed by atoms with E-state index < -0.39 is 87.7 Å². The van der Waals surface area contributed by atoms with Gasteiger partial charge in [-0.2, -0.15) is 0 Å². The predicted molar refractivity (Wildman–Crippen MR) is 173 cm³/mol. The van der Waals surface area contributed by atoms with Crippen LogP contribution in [-0.4, -0.2) is 96.7 Å². The highest BCUT2D eigenvalue weighted by molar-refractivity contribution is 7.91. The van der Waals surface area contributed by atoms with Gasteiger partial charge in [-0.15, -0.1) is 0 Å². The van der Waals surface area contributed by atoms with Gasteiger partial charge >= 0.3 is 12.2 Å². The molecule has 17 heteroatoms. The lowest BCUT2D eigenvalue weighted by molar-refractivity contribution is -0.141. The number of alkyl halides is 2. The molecular formula is C33H41F2N5O9S. The van der Waals surface area contributed by atoms with Crippen molar-refractivity contribution in [2.24, 2.45) is 5.92 Å². The summed E-state index contributed by atoms with van der Waals surface area (Å²) in [7, 11) is -3.94. The minimum absolute atomic E-state index is 0.0508. The van der Waals surface area contributed by atoms with Crippen LogP contribution in [-0.2, 0) is 47.0 Å². The van der Waals surface area contributed by atoms with Crippen LogP contribution < -0.4 is 15.4 Å². The number of fused-ring (bicyclic) bond motifs is 3. The molecule has 272 valence electrons. The fourth-order valence-electron chi connectivity index (χ4n) is 6.98. The summed E-state index contributed by atoms with van der Waals surface area (Å²) in [5.41, 5.74) is 1.20. The third-order valence-corrected chi connectivity index (χ3v) is 11.8. The Balaban J connectivity index is 1.26. The van der Waals surface area contributed by atoms with E-state index in [-0.39, 0.29) is 39.1 Å². The minimum Gasteiger partial charge on any atom is -0.450 e. The second-order valence-electron chi connectivity index (χ2n) is 13.5. The van der Waals surface area contributed by atoms with E-state index >= 15 is 0 Å². The molecule has 5 aliphatic rings. The Morgan fingerprint density at radius 1 is 1.16 bits per heavy atom. The van der Waals surface area contributed by atoms with Crippen LogP contribution in [0.3, 0.4) is 0 Å². The summed E-state index contributed by atoms with van der Waals surface area (Å²) < 4.78 is 65.7. The lowest BCUT2D eigenvalue weighted by Gasteiger charge is -2.29. The zero-order valence-electron chi connectivity index (χ0n) is 27.6. The van der Waals surface area contributed by atoms with Crippen molar-refractivity contribution >= 4 is 46.0 Å². The van der Waals surface area contributed by atoms with Gasteiger partial charge in [0.25, 0.3) is 5.91 Å². The Morgan fingerprint density at radius 2 is 1.94 bits per heavy atom. The molecule has 6 rings (SSSR count). The molecule has 3 N–H and O–H groups in total. The number of halogens is 2. The summed E-state index contributed by atoms with van der Waals surface area (Å²) in [6, 6.07) is 2.51. The molecule has 5 atom stereocenters. The largest absolute Gasteiger partial charge is 0.450 e. The lowest BCUT2D eigenvalue weighted by atomic mass is 10.0. The van der Waals surface area contributed by atoms with Gasteiger partial charge in [0.15, 0.2) is 0 Å². The third-order valence-electron chi connectivity index (χ3n) is 9.99. The summed E-state index contributed by atoms with van der Waals surface area (Å²) in [5, 5.41) is 4.17. The summed E-state index contributed by atoms with van der Waals surface area (Å²) in [6.45, 7) is 1.89. The number of cyclic esters (lactones) is 1. The molecule has 14 nitrogen and oxygen atoms in total. The van der Waals surface area contributed by atoms with Crippen LogP contribution in [0.25, 0.3) is 6.08 Å². The minimum atomic E-state index is -3.94. The van der Waals surface area contributed by atoms with Crippen molar-refractivity contribution in [2.75, 3.05) is 13.2 Å². The van der Waals surface area contributed by atoms with Crippen LogP contribution in [0.15, 0.2) is 24.3 Å². The van der Waals surface area contributed by atoms with E-state index in [0.717, 1.165) is 21.6 Å². The van der Waals surface area contributed by atoms with Crippen LogP contribution >= 0.6 is 0 Å². The maximum absolute atomic E-state index is 14.0. The Hall–Kier alpha value is -4.28. The van der Waals surface area contributed by atoms with Gasteiger partial charge in [-0.1, -0.05) is 43.7 Å². The summed E-state index contributed by atoms with van der Waals surface area (Å²) in [4.78, 5) is 69.7. The van der Waals surface area contributed by atoms with Gasteiger partial charge in [0, 0.05) is 19.4 Å². The van der Waals surface area contributed by atoms with Crippen LogP contribution in [0.2, 0.25) is 0 Å². The Bertz CT molecular complexity index is 1690. The third kappa shape index (κ3) is 7.56. The van der Waals surface area contributed by atoms with Crippen molar-refractivity contribution in [3.8, 4) is 0 Å². The summed E-state index contributed by atoms with van der Waals surface area (Å²) in [5.74, 6) is -3.17. The number of allylic oxidation sites excluding steroid dienone is 1. The number of carbonyl (C=O) groups is 5. The molecule has 5 amide bonds. The molecule has 4 bridgehead atoms. The van der Waals surface area contributed by atoms with Gasteiger partial charge in [-0.25, -0.2) is 26.8 Å². The highest BCUT2D eigenvalue weighted by Gasteiger charge is 2.62. The Labute approximate surface area is 288 Å². The topological polar surface area (TPSA) is 181 Å². The van der Waals surface area contributed by atoms with Gasteiger partial charge in [-0.05, 0) is 54.7 Å².